The summed E-state index contributed by atoms with van der Waals surface area (Å²) in [6.45, 7) is 3.29. The van der Waals surface area contributed by atoms with E-state index in [9.17, 15) is 24.4 Å². The summed E-state index contributed by atoms with van der Waals surface area (Å²) in [6, 6.07) is 0. The van der Waals surface area contributed by atoms with E-state index in [1.807, 2.05) is 42.5 Å². The van der Waals surface area contributed by atoms with Crippen LogP contribution in [0.2, 0.25) is 0 Å². The second-order valence-corrected chi connectivity index (χ2v) is 14.9. The Morgan fingerprint density at radius 2 is 1.18 bits per heavy atom. The van der Waals surface area contributed by atoms with Gasteiger partial charge in [-0.05, 0) is 70.6 Å². The van der Waals surface area contributed by atoms with Crippen LogP contribution in [0, 0.1) is 0 Å². The fourth-order valence-electron chi connectivity index (χ4n) is 5.14. The van der Waals surface area contributed by atoms with E-state index >= 15 is 0 Å². The molecule has 0 spiro atoms. The normalized spacial score (nSPS) is 14.6. The van der Waals surface area contributed by atoms with Gasteiger partial charge in [0, 0.05) is 12.8 Å². The lowest BCUT2D eigenvalue weighted by atomic mass is 10.1. The summed E-state index contributed by atoms with van der Waals surface area (Å²) in [6.07, 6.45) is 46.2. The summed E-state index contributed by atoms with van der Waals surface area (Å²) >= 11 is 0. The maximum atomic E-state index is 12.4. The van der Waals surface area contributed by atoms with Crippen molar-refractivity contribution in [3.05, 3.63) is 97.2 Å². The van der Waals surface area contributed by atoms with Gasteiger partial charge < -0.3 is 29.5 Å². The van der Waals surface area contributed by atoms with E-state index in [0.717, 1.165) is 38.5 Å². The second kappa shape index (κ2) is 38.7. The van der Waals surface area contributed by atoms with Crippen LogP contribution in [-0.4, -0.2) is 63.5 Å². The molecule has 0 radical (unpaired) electrons. The largest absolute Gasteiger partial charge is 0.469 e. The van der Waals surface area contributed by atoms with Gasteiger partial charge in [-0.25, -0.2) is 4.57 Å². The van der Waals surface area contributed by atoms with Gasteiger partial charge in [0.15, 0.2) is 6.10 Å². The summed E-state index contributed by atoms with van der Waals surface area (Å²) in [5, 5.41) is 19.9. The minimum absolute atomic E-state index is 0.0183. The first-order valence-electron chi connectivity index (χ1n) is 20.8. The standard InChI is InChI=1S/C45H73O10P/c1-3-5-7-8-9-10-11-12-13-14-15-16-17-18-22-25-31-37-44(48)53-39-43(40-54-56(50,51)52)55-45(49)38-32-26-30-36-42(47)35-29-24-21-19-20-23-28-34-41(46)33-27-6-4-2/h6,9-10,12-13,20-21,23-24,27-30,34-36,41-43,46-47H,3-5,7-8,11,14-19,22,25-26,31-33,37-40H2,1-2H3,(H2,50,51,52)/b10-9-,13-12-,23-20-,24-21-,27-6-,34-28+,35-29+,36-30-/t41-,42-,43+/m0/s1. The number of ether oxygens (including phenoxy) is 2. The molecule has 318 valence electrons. The molecule has 0 bridgehead atoms. The van der Waals surface area contributed by atoms with Crippen LogP contribution in [0.5, 0.6) is 0 Å². The zero-order valence-electron chi connectivity index (χ0n) is 34.2. The first-order valence-corrected chi connectivity index (χ1v) is 22.3. The molecule has 4 N–H and O–H groups in total. The molecule has 0 aromatic rings. The Morgan fingerprint density at radius 3 is 1.84 bits per heavy atom. The molecule has 0 heterocycles. The first-order chi connectivity index (χ1) is 27.1. The summed E-state index contributed by atoms with van der Waals surface area (Å²) in [5.74, 6) is -1.09. The van der Waals surface area contributed by atoms with Crippen molar-refractivity contribution in [1.29, 1.82) is 0 Å². The molecule has 0 unspecified atom stereocenters. The molecule has 11 heteroatoms. The molecule has 0 aliphatic rings. The molecule has 10 nitrogen and oxygen atoms in total. The average molecular weight is 805 g/mol. The molecule has 0 aliphatic heterocycles. The van der Waals surface area contributed by atoms with Crippen molar-refractivity contribution in [3.8, 4) is 0 Å². The minimum Gasteiger partial charge on any atom is -0.462 e. The lowest BCUT2D eigenvalue weighted by Crippen LogP contribution is -2.29. The van der Waals surface area contributed by atoms with Crippen molar-refractivity contribution >= 4 is 19.8 Å². The smallest absolute Gasteiger partial charge is 0.462 e. The number of phosphoric ester groups is 1. The van der Waals surface area contributed by atoms with Gasteiger partial charge in [-0.2, -0.15) is 0 Å². The van der Waals surface area contributed by atoms with Crippen LogP contribution in [-0.2, 0) is 28.2 Å². The lowest BCUT2D eigenvalue weighted by Gasteiger charge is -2.18. The Labute approximate surface area is 338 Å². The average Bonchev–Trinajstić information content (AvgIpc) is 3.16. The number of unbranched alkanes of at least 4 members (excludes halogenated alkanes) is 11. The van der Waals surface area contributed by atoms with Crippen LogP contribution in [0.3, 0.4) is 0 Å². The summed E-state index contributed by atoms with van der Waals surface area (Å²) in [7, 11) is -4.82. The Morgan fingerprint density at radius 1 is 0.589 bits per heavy atom. The van der Waals surface area contributed by atoms with Gasteiger partial charge in [0.25, 0.3) is 0 Å². The Bertz CT molecular complexity index is 1260. The van der Waals surface area contributed by atoms with Crippen LogP contribution in [0.4, 0.5) is 0 Å². The fourth-order valence-corrected chi connectivity index (χ4v) is 5.50. The molecule has 0 saturated carbocycles. The second-order valence-electron chi connectivity index (χ2n) is 13.6. The van der Waals surface area contributed by atoms with Crippen molar-refractivity contribution in [2.24, 2.45) is 0 Å². The van der Waals surface area contributed by atoms with E-state index in [1.165, 1.54) is 44.9 Å². The monoisotopic (exact) mass is 804 g/mol. The third-order valence-corrected chi connectivity index (χ3v) is 8.75. The van der Waals surface area contributed by atoms with Crippen molar-refractivity contribution in [2.75, 3.05) is 13.2 Å². The van der Waals surface area contributed by atoms with Gasteiger partial charge in [-0.15, -0.1) is 0 Å². The highest BCUT2D eigenvalue weighted by Crippen LogP contribution is 2.36. The third-order valence-electron chi connectivity index (χ3n) is 8.26. The highest BCUT2D eigenvalue weighted by atomic mass is 31.2. The number of phosphoric acid groups is 1. The van der Waals surface area contributed by atoms with Crippen LogP contribution < -0.4 is 0 Å². The molecule has 0 aliphatic carbocycles. The highest BCUT2D eigenvalue weighted by Gasteiger charge is 2.22. The molecule has 0 amide bonds. The molecular formula is C45H73O10P. The summed E-state index contributed by atoms with van der Waals surface area (Å²) in [4.78, 5) is 42.8. The summed E-state index contributed by atoms with van der Waals surface area (Å²) in [5.41, 5.74) is 0. The molecule has 0 rings (SSSR count). The third kappa shape index (κ3) is 40.6. The SMILES string of the molecule is CC/C=C\C[C@H](O)/C=C/C=C\C/C=C\C=C\[C@H](O)/C=C\CCCC(=O)O[C@H](COC(=O)CCCCCCCCC/C=C\C/C=C\CCCCC)COP(=O)(O)O. The Balaban J connectivity index is 4.23. The first kappa shape index (κ1) is 52.9. The molecular weight excluding hydrogens is 731 g/mol. The number of allylic oxidation sites excluding steroid dienone is 12. The summed E-state index contributed by atoms with van der Waals surface area (Å²) < 4.78 is 26.2. The van der Waals surface area contributed by atoms with E-state index in [-0.39, 0.29) is 19.4 Å². The van der Waals surface area contributed by atoms with Crippen LogP contribution in [0.15, 0.2) is 97.2 Å². The van der Waals surface area contributed by atoms with E-state index < -0.39 is 44.7 Å². The number of carbonyl (C=O) groups is 2. The lowest BCUT2D eigenvalue weighted by molar-refractivity contribution is -0.161. The van der Waals surface area contributed by atoms with Gasteiger partial charge in [0.2, 0.25) is 0 Å². The zero-order chi connectivity index (χ0) is 41.4. The quantitative estimate of drug-likeness (QED) is 0.0158. The predicted molar refractivity (Wildman–Crippen MR) is 228 cm³/mol. The molecule has 0 aromatic heterocycles. The topological polar surface area (TPSA) is 160 Å². The maximum Gasteiger partial charge on any atom is 0.469 e. The molecule has 0 fully saturated rings. The minimum atomic E-state index is -4.82. The van der Waals surface area contributed by atoms with Gasteiger partial charge in [-0.3, -0.25) is 14.1 Å². The number of hydrogen-bond acceptors (Lipinski definition) is 8. The molecule has 56 heavy (non-hydrogen) atoms. The van der Waals surface area contributed by atoms with Crippen molar-refractivity contribution < 1.29 is 48.2 Å². The zero-order valence-corrected chi connectivity index (χ0v) is 35.1. The predicted octanol–water partition coefficient (Wildman–Crippen LogP) is 10.6. The molecule has 3 atom stereocenters. The molecule has 0 saturated heterocycles. The van der Waals surface area contributed by atoms with Gasteiger partial charge in [0.05, 0.1) is 18.8 Å². The Kier molecular flexibility index (Phi) is 36.6. The van der Waals surface area contributed by atoms with Gasteiger partial charge in [-0.1, -0.05) is 156 Å². The highest BCUT2D eigenvalue weighted by molar-refractivity contribution is 7.46. The number of aliphatic hydroxyl groups excluding tert-OH is 2. The fraction of sp³-hybridized carbons (Fsp3) is 0.600. The van der Waals surface area contributed by atoms with Crippen molar-refractivity contribution in [3.63, 3.8) is 0 Å². The number of esters is 2. The van der Waals surface area contributed by atoms with Crippen LogP contribution >= 0.6 is 7.82 Å². The number of carbonyl (C=O) groups excluding carboxylic acids is 2. The maximum absolute atomic E-state index is 12.4. The molecule has 0 aromatic carbocycles. The van der Waals surface area contributed by atoms with Crippen LogP contribution in [0.25, 0.3) is 0 Å². The van der Waals surface area contributed by atoms with Crippen molar-refractivity contribution in [2.45, 2.75) is 161 Å². The number of rotatable bonds is 36. The van der Waals surface area contributed by atoms with E-state index in [2.05, 4.69) is 42.7 Å². The van der Waals surface area contributed by atoms with E-state index in [0.29, 0.717) is 32.1 Å². The van der Waals surface area contributed by atoms with Gasteiger partial charge in [0.1, 0.15) is 6.61 Å². The van der Waals surface area contributed by atoms with Crippen molar-refractivity contribution in [1.82, 2.24) is 0 Å². The van der Waals surface area contributed by atoms with Crippen LogP contribution in [0.1, 0.15) is 142 Å². The van der Waals surface area contributed by atoms with E-state index in [4.69, 9.17) is 19.3 Å². The Hall–Kier alpha value is -3.11. The van der Waals surface area contributed by atoms with E-state index in [1.54, 1.807) is 30.4 Å². The number of aliphatic hydroxyl groups is 2. The number of hydrogen-bond donors (Lipinski definition) is 4. The van der Waals surface area contributed by atoms with Gasteiger partial charge >= 0.3 is 19.8 Å².